The van der Waals surface area contributed by atoms with E-state index in [9.17, 15) is 0 Å². The third-order valence-electron chi connectivity index (χ3n) is 3.50. The molecular weight excluding hydrogens is 292 g/mol. The molecule has 4 heteroatoms. The minimum Gasteiger partial charge on any atom is -0.496 e. The van der Waals surface area contributed by atoms with Crippen molar-refractivity contribution in [1.82, 2.24) is 9.78 Å². The van der Waals surface area contributed by atoms with Crippen molar-refractivity contribution in [3.63, 3.8) is 0 Å². The van der Waals surface area contributed by atoms with Crippen molar-refractivity contribution in [2.75, 3.05) is 13.4 Å². The first-order valence-electron chi connectivity index (χ1n) is 7.10. The number of hydrogen-bond donors (Lipinski definition) is 0. The third-order valence-corrected chi connectivity index (χ3v) is 4.28. The molecule has 0 N–H and O–H groups in total. The molecule has 0 saturated carbocycles. The predicted octanol–water partition coefficient (Wildman–Crippen LogP) is 4.33. The van der Waals surface area contributed by atoms with E-state index in [0.29, 0.717) is 0 Å². The second-order valence-corrected chi connectivity index (χ2v) is 5.80. The van der Waals surface area contributed by atoms with E-state index < -0.39 is 0 Å². The van der Waals surface area contributed by atoms with Crippen LogP contribution in [0.1, 0.15) is 5.56 Å². The van der Waals surface area contributed by atoms with Gasteiger partial charge in [0.2, 0.25) is 0 Å². The molecule has 1 aromatic heterocycles. The highest BCUT2D eigenvalue weighted by atomic mass is 32.2. The molecule has 0 radical (unpaired) electrons. The number of nitrogens with zero attached hydrogens (tertiary/aromatic N) is 2. The lowest BCUT2D eigenvalue weighted by Crippen LogP contribution is -2.01. The summed E-state index contributed by atoms with van der Waals surface area (Å²) in [6.45, 7) is 0.734. The van der Waals surface area contributed by atoms with Crippen LogP contribution in [0.15, 0.2) is 65.7 Å². The molecule has 0 unspecified atom stereocenters. The zero-order chi connectivity index (χ0) is 15.4. The van der Waals surface area contributed by atoms with E-state index in [1.54, 1.807) is 18.9 Å². The minimum absolute atomic E-state index is 0.734. The number of rotatable bonds is 5. The van der Waals surface area contributed by atoms with Crippen LogP contribution in [0.25, 0.3) is 11.3 Å². The number of benzene rings is 2. The van der Waals surface area contributed by atoms with Gasteiger partial charge in [0.05, 0.1) is 19.3 Å². The molecule has 112 valence electrons. The van der Waals surface area contributed by atoms with E-state index in [2.05, 4.69) is 41.7 Å². The average Bonchev–Trinajstić information content (AvgIpc) is 3.04. The quantitative estimate of drug-likeness (QED) is 0.656. The number of methoxy groups -OCH3 is 1. The van der Waals surface area contributed by atoms with Crippen LogP contribution in [-0.4, -0.2) is 23.1 Å². The molecule has 3 rings (SSSR count). The van der Waals surface area contributed by atoms with Crippen LogP contribution in [0.4, 0.5) is 0 Å². The Kier molecular flexibility index (Phi) is 4.49. The number of hydrogen-bond acceptors (Lipinski definition) is 3. The first kappa shape index (κ1) is 14.7. The van der Waals surface area contributed by atoms with Gasteiger partial charge in [-0.1, -0.05) is 36.4 Å². The van der Waals surface area contributed by atoms with E-state index in [0.717, 1.165) is 28.4 Å². The smallest absolute Gasteiger partial charge is 0.132 e. The Bertz CT molecular complexity index is 753. The van der Waals surface area contributed by atoms with Crippen LogP contribution in [0.2, 0.25) is 0 Å². The first-order chi connectivity index (χ1) is 10.8. The molecule has 0 fully saturated rings. The highest BCUT2D eigenvalue weighted by molar-refractivity contribution is 7.98. The number of ether oxygens (including phenoxy) is 1. The monoisotopic (exact) mass is 310 g/mol. The molecule has 0 saturated heterocycles. The summed E-state index contributed by atoms with van der Waals surface area (Å²) in [5.74, 6) is 0.917. The van der Waals surface area contributed by atoms with E-state index in [1.165, 1.54) is 5.56 Å². The summed E-state index contributed by atoms with van der Waals surface area (Å²) >= 11 is 1.69. The fourth-order valence-corrected chi connectivity index (χ4v) is 2.93. The van der Waals surface area contributed by atoms with E-state index in [-0.39, 0.29) is 0 Å². The molecule has 0 aliphatic carbocycles. The summed E-state index contributed by atoms with van der Waals surface area (Å²) in [7, 11) is 1.71. The molecule has 2 aromatic carbocycles. The van der Waals surface area contributed by atoms with Crippen molar-refractivity contribution in [3.05, 3.63) is 66.4 Å². The van der Waals surface area contributed by atoms with Gasteiger partial charge < -0.3 is 4.74 Å². The highest BCUT2D eigenvalue weighted by Gasteiger charge is 2.06. The van der Waals surface area contributed by atoms with Gasteiger partial charge in [0.1, 0.15) is 5.75 Å². The summed E-state index contributed by atoms with van der Waals surface area (Å²) in [6.07, 6.45) is 4.06. The van der Waals surface area contributed by atoms with Crippen LogP contribution in [-0.2, 0) is 6.54 Å². The number of thioether (sulfide) groups is 1. The average molecular weight is 310 g/mol. The molecule has 3 nitrogen and oxygen atoms in total. The Morgan fingerprint density at radius 1 is 1.09 bits per heavy atom. The Balaban J connectivity index is 1.81. The normalized spacial score (nSPS) is 10.6. The van der Waals surface area contributed by atoms with Crippen LogP contribution in [0.3, 0.4) is 0 Å². The lowest BCUT2D eigenvalue weighted by molar-refractivity contribution is 0.404. The Morgan fingerprint density at radius 3 is 2.64 bits per heavy atom. The molecular formula is C18H18N2OS. The van der Waals surface area contributed by atoms with E-state index >= 15 is 0 Å². The molecule has 0 aliphatic rings. The SMILES string of the molecule is COc1cc(Cn2ccc(-c3ccccc3)n2)ccc1SC. The van der Waals surface area contributed by atoms with E-state index in [4.69, 9.17) is 4.74 Å². The predicted molar refractivity (Wildman–Crippen MR) is 91.5 cm³/mol. The summed E-state index contributed by atoms with van der Waals surface area (Å²) in [5.41, 5.74) is 3.31. The van der Waals surface area contributed by atoms with Gasteiger partial charge in [0, 0.05) is 16.7 Å². The van der Waals surface area contributed by atoms with Crippen molar-refractivity contribution in [2.45, 2.75) is 11.4 Å². The Labute approximate surface area is 134 Å². The Morgan fingerprint density at radius 2 is 1.91 bits per heavy atom. The van der Waals surface area contributed by atoms with Gasteiger partial charge in [-0.15, -0.1) is 11.8 Å². The molecule has 0 spiro atoms. The van der Waals surface area contributed by atoms with Gasteiger partial charge in [-0.25, -0.2) is 0 Å². The zero-order valence-corrected chi connectivity index (χ0v) is 13.5. The van der Waals surface area contributed by atoms with Gasteiger partial charge in [-0.05, 0) is 30.0 Å². The van der Waals surface area contributed by atoms with Crippen LogP contribution in [0.5, 0.6) is 5.75 Å². The highest BCUT2D eigenvalue weighted by Crippen LogP contribution is 2.28. The lowest BCUT2D eigenvalue weighted by atomic mass is 10.2. The molecule has 0 aliphatic heterocycles. The molecule has 0 atom stereocenters. The maximum Gasteiger partial charge on any atom is 0.132 e. The lowest BCUT2D eigenvalue weighted by Gasteiger charge is -2.09. The van der Waals surface area contributed by atoms with Crippen LogP contribution < -0.4 is 4.74 Å². The standard InChI is InChI=1S/C18H18N2OS/c1-21-17-12-14(8-9-18(17)22-2)13-20-11-10-16(19-20)15-6-4-3-5-7-15/h3-12H,13H2,1-2H3. The molecule has 1 heterocycles. The molecule has 0 bridgehead atoms. The van der Waals surface area contributed by atoms with Crippen molar-refractivity contribution < 1.29 is 4.74 Å². The third kappa shape index (κ3) is 3.17. The summed E-state index contributed by atoms with van der Waals surface area (Å²) in [6, 6.07) is 18.6. The van der Waals surface area contributed by atoms with Crippen molar-refractivity contribution in [2.24, 2.45) is 0 Å². The van der Waals surface area contributed by atoms with Crippen molar-refractivity contribution in [1.29, 1.82) is 0 Å². The van der Waals surface area contributed by atoms with Crippen molar-refractivity contribution >= 4 is 11.8 Å². The summed E-state index contributed by atoms with van der Waals surface area (Å²) < 4.78 is 7.39. The minimum atomic E-state index is 0.734. The van der Waals surface area contributed by atoms with Gasteiger partial charge in [0.15, 0.2) is 0 Å². The van der Waals surface area contributed by atoms with Gasteiger partial charge >= 0.3 is 0 Å². The van der Waals surface area contributed by atoms with E-state index in [1.807, 2.05) is 35.1 Å². The zero-order valence-electron chi connectivity index (χ0n) is 12.7. The van der Waals surface area contributed by atoms with Crippen LogP contribution in [0, 0.1) is 0 Å². The largest absolute Gasteiger partial charge is 0.496 e. The number of aromatic nitrogens is 2. The Hall–Kier alpha value is -2.20. The van der Waals surface area contributed by atoms with Crippen molar-refractivity contribution in [3.8, 4) is 17.0 Å². The second-order valence-electron chi connectivity index (χ2n) is 4.95. The topological polar surface area (TPSA) is 27.1 Å². The molecule has 22 heavy (non-hydrogen) atoms. The maximum atomic E-state index is 5.44. The van der Waals surface area contributed by atoms with Crippen LogP contribution >= 0.6 is 11.8 Å². The first-order valence-corrected chi connectivity index (χ1v) is 8.32. The maximum absolute atomic E-state index is 5.44. The summed E-state index contributed by atoms with van der Waals surface area (Å²) in [5, 5.41) is 4.64. The fraction of sp³-hybridized carbons (Fsp3) is 0.167. The second kappa shape index (κ2) is 6.71. The summed E-state index contributed by atoms with van der Waals surface area (Å²) in [4.78, 5) is 1.15. The van der Waals surface area contributed by atoms with Gasteiger partial charge in [0.25, 0.3) is 0 Å². The van der Waals surface area contributed by atoms with Gasteiger partial charge in [-0.3, -0.25) is 4.68 Å². The van der Waals surface area contributed by atoms with Gasteiger partial charge in [-0.2, -0.15) is 5.10 Å². The molecule has 3 aromatic rings. The molecule has 0 amide bonds. The fourth-order valence-electron chi connectivity index (χ4n) is 2.38.